The fourth-order valence-electron chi connectivity index (χ4n) is 1.36. The first kappa shape index (κ1) is 12.1. The molecule has 0 aliphatic rings. The Bertz CT molecular complexity index is 334. The number of rotatable bonds is 4. The van der Waals surface area contributed by atoms with Crippen LogP contribution >= 0.6 is 11.6 Å². The van der Waals surface area contributed by atoms with Crippen LogP contribution in [0.1, 0.15) is 19.4 Å². The number of esters is 1. The summed E-state index contributed by atoms with van der Waals surface area (Å²) < 4.78 is 5.12. The van der Waals surface area contributed by atoms with Gasteiger partial charge in [0.05, 0.1) is 0 Å². The predicted molar refractivity (Wildman–Crippen MR) is 61.3 cm³/mol. The number of alkyl halides is 1. The smallest absolute Gasteiger partial charge is 0.326 e. The lowest BCUT2D eigenvalue weighted by Crippen LogP contribution is -2.10. The zero-order valence-corrected chi connectivity index (χ0v) is 9.75. The van der Waals surface area contributed by atoms with Crippen molar-refractivity contribution in [1.29, 1.82) is 0 Å². The third-order valence-corrected chi connectivity index (χ3v) is 2.15. The van der Waals surface area contributed by atoms with Gasteiger partial charge in [-0.15, -0.1) is 11.6 Å². The van der Waals surface area contributed by atoms with E-state index in [0.29, 0.717) is 11.7 Å². The number of hydrogen-bond donors (Lipinski definition) is 0. The molecule has 1 rings (SSSR count). The first-order valence-electron chi connectivity index (χ1n) is 4.98. The highest BCUT2D eigenvalue weighted by Gasteiger charge is 2.08. The molecule has 15 heavy (non-hydrogen) atoms. The summed E-state index contributed by atoms with van der Waals surface area (Å²) in [6, 6.07) is 7.55. The van der Waals surface area contributed by atoms with Gasteiger partial charge in [0, 0.05) is 0 Å². The Morgan fingerprint density at radius 3 is 2.67 bits per heavy atom. The first-order valence-corrected chi connectivity index (χ1v) is 5.51. The van der Waals surface area contributed by atoms with E-state index in [1.165, 1.54) is 0 Å². The van der Waals surface area contributed by atoms with Crippen LogP contribution in [0, 0.1) is 5.92 Å². The number of carbonyl (C=O) groups excluding carboxylic acids is 1. The number of halogens is 1. The van der Waals surface area contributed by atoms with E-state index < -0.39 is 5.97 Å². The second-order valence-electron chi connectivity index (χ2n) is 3.81. The molecule has 0 bridgehead atoms. The zero-order valence-electron chi connectivity index (χ0n) is 9.00. The fraction of sp³-hybridized carbons (Fsp3) is 0.417. The monoisotopic (exact) mass is 226 g/mol. The summed E-state index contributed by atoms with van der Waals surface area (Å²) in [6.45, 7) is 4.25. The van der Waals surface area contributed by atoms with Gasteiger partial charge in [0.15, 0.2) is 0 Å². The minimum atomic E-state index is -0.409. The lowest BCUT2D eigenvalue weighted by Gasteiger charge is -2.10. The van der Waals surface area contributed by atoms with Crippen molar-refractivity contribution in [2.45, 2.75) is 20.3 Å². The molecule has 0 saturated heterocycles. The molecule has 0 N–H and O–H groups in total. The molecule has 82 valence electrons. The van der Waals surface area contributed by atoms with Crippen LogP contribution < -0.4 is 4.74 Å². The summed E-state index contributed by atoms with van der Waals surface area (Å²) >= 11 is 5.39. The molecule has 1 aromatic rings. The molecule has 0 radical (unpaired) electrons. The van der Waals surface area contributed by atoms with Crippen molar-refractivity contribution < 1.29 is 9.53 Å². The quantitative estimate of drug-likeness (QED) is 0.448. The van der Waals surface area contributed by atoms with Crippen molar-refractivity contribution in [3.05, 3.63) is 29.8 Å². The summed E-state index contributed by atoms with van der Waals surface area (Å²) in [7, 11) is 0. The number of para-hydroxylation sites is 1. The van der Waals surface area contributed by atoms with Crippen LogP contribution in [0.3, 0.4) is 0 Å². The predicted octanol–water partition coefficient (Wildman–Crippen LogP) is 3.03. The molecule has 0 unspecified atom stereocenters. The second kappa shape index (κ2) is 5.76. The minimum absolute atomic E-state index is 0.115. The molecule has 1 aromatic carbocycles. The topological polar surface area (TPSA) is 26.3 Å². The summed E-state index contributed by atoms with van der Waals surface area (Å²) in [5, 5.41) is 0. The van der Waals surface area contributed by atoms with Crippen molar-refractivity contribution in [2.75, 3.05) is 5.88 Å². The van der Waals surface area contributed by atoms with E-state index in [-0.39, 0.29) is 5.88 Å². The van der Waals surface area contributed by atoms with Gasteiger partial charge < -0.3 is 4.74 Å². The largest absolute Gasteiger partial charge is 0.425 e. The SMILES string of the molecule is CC(C)Cc1ccccc1OC(=O)CCl. The highest BCUT2D eigenvalue weighted by molar-refractivity contribution is 6.26. The lowest BCUT2D eigenvalue weighted by molar-refractivity contribution is -0.131. The maximum absolute atomic E-state index is 11.1. The molecule has 2 nitrogen and oxygen atoms in total. The van der Waals surface area contributed by atoms with Crippen LogP contribution in [-0.2, 0) is 11.2 Å². The minimum Gasteiger partial charge on any atom is -0.425 e. The van der Waals surface area contributed by atoms with Gasteiger partial charge in [-0.3, -0.25) is 4.79 Å². The van der Waals surface area contributed by atoms with Crippen molar-refractivity contribution >= 4 is 17.6 Å². The molecule has 0 fully saturated rings. The first-order chi connectivity index (χ1) is 7.13. The van der Waals surface area contributed by atoms with Crippen LogP contribution in [-0.4, -0.2) is 11.8 Å². The molecule has 0 aliphatic carbocycles. The average molecular weight is 227 g/mol. The van der Waals surface area contributed by atoms with Gasteiger partial charge in [0.2, 0.25) is 0 Å². The molecule has 0 aromatic heterocycles. The van der Waals surface area contributed by atoms with E-state index in [4.69, 9.17) is 16.3 Å². The van der Waals surface area contributed by atoms with Gasteiger partial charge in [0.1, 0.15) is 11.6 Å². The molecule has 0 atom stereocenters. The average Bonchev–Trinajstić information content (AvgIpc) is 2.20. The normalized spacial score (nSPS) is 10.4. The van der Waals surface area contributed by atoms with Crippen LogP contribution in [0.2, 0.25) is 0 Å². The molecule has 0 amide bonds. The van der Waals surface area contributed by atoms with E-state index in [2.05, 4.69) is 13.8 Å². The maximum atomic E-state index is 11.1. The summed E-state index contributed by atoms with van der Waals surface area (Å²) in [4.78, 5) is 11.1. The van der Waals surface area contributed by atoms with Gasteiger partial charge in [0.25, 0.3) is 0 Å². The Balaban J connectivity index is 2.81. The third-order valence-electron chi connectivity index (χ3n) is 1.93. The van der Waals surface area contributed by atoms with Crippen molar-refractivity contribution in [1.82, 2.24) is 0 Å². The summed E-state index contributed by atoms with van der Waals surface area (Å²) in [5.74, 6) is 0.626. The van der Waals surface area contributed by atoms with Gasteiger partial charge in [-0.2, -0.15) is 0 Å². The Morgan fingerprint density at radius 2 is 2.07 bits per heavy atom. The Morgan fingerprint density at radius 1 is 1.40 bits per heavy atom. The molecular weight excluding hydrogens is 212 g/mol. The third kappa shape index (κ3) is 3.92. The Kier molecular flexibility index (Phi) is 4.63. The van der Waals surface area contributed by atoms with Crippen molar-refractivity contribution in [2.24, 2.45) is 5.92 Å². The van der Waals surface area contributed by atoms with Gasteiger partial charge in [-0.05, 0) is 24.0 Å². The van der Waals surface area contributed by atoms with Gasteiger partial charge in [-0.1, -0.05) is 32.0 Å². The molecule has 0 aliphatic heterocycles. The molecule has 0 saturated carbocycles. The van der Waals surface area contributed by atoms with E-state index in [0.717, 1.165) is 12.0 Å². The van der Waals surface area contributed by atoms with Crippen LogP contribution in [0.5, 0.6) is 5.75 Å². The Labute approximate surface area is 95.2 Å². The van der Waals surface area contributed by atoms with Crippen LogP contribution in [0.25, 0.3) is 0 Å². The standard InChI is InChI=1S/C12H15ClO2/c1-9(2)7-10-5-3-4-6-11(10)15-12(14)8-13/h3-6,9H,7-8H2,1-2H3. The number of ether oxygens (including phenoxy) is 1. The number of benzene rings is 1. The van der Waals surface area contributed by atoms with E-state index >= 15 is 0 Å². The van der Waals surface area contributed by atoms with E-state index in [9.17, 15) is 4.79 Å². The fourth-order valence-corrected chi connectivity index (χ4v) is 1.42. The zero-order chi connectivity index (χ0) is 11.3. The van der Waals surface area contributed by atoms with Crippen molar-refractivity contribution in [3.8, 4) is 5.75 Å². The lowest BCUT2D eigenvalue weighted by atomic mass is 10.0. The van der Waals surface area contributed by atoms with Gasteiger partial charge in [-0.25, -0.2) is 0 Å². The van der Waals surface area contributed by atoms with E-state index in [1.807, 2.05) is 18.2 Å². The number of hydrogen-bond acceptors (Lipinski definition) is 2. The van der Waals surface area contributed by atoms with Crippen molar-refractivity contribution in [3.63, 3.8) is 0 Å². The second-order valence-corrected chi connectivity index (χ2v) is 4.08. The summed E-state index contributed by atoms with van der Waals surface area (Å²) in [5.41, 5.74) is 1.05. The maximum Gasteiger partial charge on any atom is 0.326 e. The van der Waals surface area contributed by atoms with Crippen LogP contribution in [0.4, 0.5) is 0 Å². The van der Waals surface area contributed by atoms with Crippen LogP contribution in [0.15, 0.2) is 24.3 Å². The highest BCUT2D eigenvalue weighted by atomic mass is 35.5. The molecular formula is C12H15ClO2. The highest BCUT2D eigenvalue weighted by Crippen LogP contribution is 2.21. The van der Waals surface area contributed by atoms with Gasteiger partial charge >= 0.3 is 5.97 Å². The molecule has 3 heteroatoms. The molecule has 0 spiro atoms. The summed E-state index contributed by atoms with van der Waals surface area (Å²) in [6.07, 6.45) is 0.895. The Hall–Kier alpha value is -1.02. The van der Waals surface area contributed by atoms with E-state index in [1.54, 1.807) is 6.07 Å². The number of carbonyl (C=O) groups is 1. The molecule has 0 heterocycles.